The van der Waals surface area contributed by atoms with Crippen molar-refractivity contribution < 1.29 is 22.2 Å². The molecule has 1 fully saturated rings. The Balaban J connectivity index is 0.00000193. The molecular weight excluding hydrogens is 407 g/mol. The maximum Gasteiger partial charge on any atom is 0.418 e. The zero-order chi connectivity index (χ0) is 22.0. The molecule has 166 valence electrons. The van der Waals surface area contributed by atoms with Crippen molar-refractivity contribution in [3.05, 3.63) is 83.2 Å². The minimum atomic E-state index is -4.73. The monoisotopic (exact) mass is 433 g/mol. The van der Waals surface area contributed by atoms with Crippen molar-refractivity contribution in [1.29, 1.82) is 0 Å². The lowest BCUT2D eigenvalue weighted by atomic mass is 10.0. The number of nitrogen functional groups attached to an aromatic ring is 1. The summed E-state index contributed by atoms with van der Waals surface area (Å²) >= 11 is 0. The zero-order valence-corrected chi connectivity index (χ0v) is 16.4. The largest absolute Gasteiger partial charge is 0.418 e. The smallest absolute Gasteiger partial charge is 0.383 e. The molecular formula is C22H26F3N5O. The standard InChI is InChI=1S/C22H20F3N5O.3H2/c23-22(24,25)16-8-9-18(29-19(16)20(31)15-7-4-10-28-21(15)26)30-12-11-27-17(13-30)14-5-2-1-3-6-14;;;/h1-10,17,27H,11-13H2,(H2,26,28);3*1H/t17-;;;/m0.../s1. The number of alkyl halides is 3. The van der Waals surface area contributed by atoms with Crippen LogP contribution >= 0.6 is 0 Å². The molecule has 9 heteroatoms. The first-order valence-electron chi connectivity index (χ1n) is 9.71. The number of anilines is 2. The Morgan fingerprint density at radius 2 is 1.90 bits per heavy atom. The van der Waals surface area contributed by atoms with Crippen molar-refractivity contribution in [2.45, 2.75) is 12.2 Å². The average Bonchev–Trinajstić information content (AvgIpc) is 2.78. The van der Waals surface area contributed by atoms with Crippen LogP contribution in [0.1, 0.15) is 37.5 Å². The predicted octanol–water partition coefficient (Wildman–Crippen LogP) is 4.20. The summed E-state index contributed by atoms with van der Waals surface area (Å²) in [5.74, 6) is -0.741. The van der Waals surface area contributed by atoms with E-state index in [2.05, 4.69) is 15.3 Å². The van der Waals surface area contributed by atoms with Gasteiger partial charge in [0.25, 0.3) is 0 Å². The Morgan fingerprint density at radius 3 is 2.61 bits per heavy atom. The summed E-state index contributed by atoms with van der Waals surface area (Å²) in [6.07, 6.45) is -3.37. The van der Waals surface area contributed by atoms with Crippen molar-refractivity contribution in [1.82, 2.24) is 15.3 Å². The fourth-order valence-corrected chi connectivity index (χ4v) is 3.63. The Morgan fingerprint density at radius 1 is 1.13 bits per heavy atom. The maximum atomic E-state index is 13.6. The second kappa shape index (κ2) is 8.35. The molecule has 1 aliphatic rings. The third-order valence-corrected chi connectivity index (χ3v) is 5.19. The van der Waals surface area contributed by atoms with E-state index in [4.69, 9.17) is 5.73 Å². The Kier molecular flexibility index (Phi) is 5.60. The SMILES string of the molecule is Nc1ncccc1C(=O)c1nc(N2CCN[C@H](c3ccccc3)C2)ccc1C(F)(F)F.[HH].[HH].[HH]. The van der Waals surface area contributed by atoms with Crippen molar-refractivity contribution in [3.63, 3.8) is 0 Å². The van der Waals surface area contributed by atoms with Gasteiger partial charge in [-0.05, 0) is 29.8 Å². The number of aromatic nitrogens is 2. The number of hydrogen-bond acceptors (Lipinski definition) is 6. The van der Waals surface area contributed by atoms with Crippen molar-refractivity contribution in [2.75, 3.05) is 30.3 Å². The van der Waals surface area contributed by atoms with Crippen LogP contribution in [0, 0.1) is 0 Å². The molecule has 0 bridgehead atoms. The first kappa shape index (κ1) is 20.8. The topological polar surface area (TPSA) is 84.1 Å². The van der Waals surface area contributed by atoms with Crippen molar-refractivity contribution in [2.24, 2.45) is 0 Å². The molecule has 4 rings (SSSR count). The van der Waals surface area contributed by atoms with Crippen LogP contribution < -0.4 is 16.0 Å². The number of hydrogen-bond donors (Lipinski definition) is 2. The molecule has 31 heavy (non-hydrogen) atoms. The van der Waals surface area contributed by atoms with E-state index in [1.165, 1.54) is 24.4 Å². The highest BCUT2D eigenvalue weighted by atomic mass is 19.4. The highest BCUT2D eigenvalue weighted by Gasteiger charge is 2.37. The molecule has 3 aromatic rings. The molecule has 6 nitrogen and oxygen atoms in total. The van der Waals surface area contributed by atoms with E-state index < -0.39 is 23.2 Å². The number of benzene rings is 1. The van der Waals surface area contributed by atoms with Crippen LogP contribution in [0.25, 0.3) is 0 Å². The van der Waals surface area contributed by atoms with Gasteiger partial charge in [0.1, 0.15) is 17.3 Å². The Bertz CT molecular complexity index is 1100. The fraction of sp³-hybridized carbons (Fsp3) is 0.227. The Hall–Kier alpha value is -3.46. The van der Waals surface area contributed by atoms with E-state index in [1.807, 2.05) is 35.2 Å². The van der Waals surface area contributed by atoms with Gasteiger partial charge in [0.05, 0.1) is 11.1 Å². The quantitative estimate of drug-likeness (QED) is 0.600. The van der Waals surface area contributed by atoms with Gasteiger partial charge in [0, 0.05) is 36.2 Å². The summed E-state index contributed by atoms with van der Waals surface area (Å²) in [7, 11) is 0. The average molecular weight is 433 g/mol. The van der Waals surface area contributed by atoms with E-state index in [0.29, 0.717) is 25.5 Å². The third kappa shape index (κ3) is 4.36. The van der Waals surface area contributed by atoms with Gasteiger partial charge in [0.2, 0.25) is 5.78 Å². The molecule has 3 heterocycles. The molecule has 1 aromatic carbocycles. The van der Waals surface area contributed by atoms with Crippen LogP contribution in [-0.2, 0) is 6.18 Å². The van der Waals surface area contributed by atoms with Crippen LogP contribution in [0.3, 0.4) is 0 Å². The molecule has 3 N–H and O–H groups in total. The predicted molar refractivity (Wildman–Crippen MR) is 117 cm³/mol. The van der Waals surface area contributed by atoms with Crippen LogP contribution in [0.15, 0.2) is 60.8 Å². The molecule has 1 saturated heterocycles. The molecule has 0 aliphatic carbocycles. The molecule has 1 atom stereocenters. The molecule has 1 aliphatic heterocycles. The summed E-state index contributed by atoms with van der Waals surface area (Å²) in [4.78, 5) is 22.8. The first-order valence-corrected chi connectivity index (χ1v) is 9.71. The fourth-order valence-electron chi connectivity index (χ4n) is 3.63. The summed E-state index contributed by atoms with van der Waals surface area (Å²) in [5, 5.41) is 3.40. The zero-order valence-electron chi connectivity index (χ0n) is 16.4. The van der Waals surface area contributed by atoms with E-state index in [1.54, 1.807) is 0 Å². The number of rotatable bonds is 4. The van der Waals surface area contributed by atoms with Crippen LogP contribution in [0.4, 0.5) is 24.8 Å². The minimum absolute atomic E-state index is 0. The Labute approximate surface area is 181 Å². The highest BCUT2D eigenvalue weighted by Crippen LogP contribution is 2.34. The summed E-state index contributed by atoms with van der Waals surface area (Å²) in [6.45, 7) is 1.68. The number of pyridine rings is 2. The van der Waals surface area contributed by atoms with Gasteiger partial charge >= 0.3 is 6.18 Å². The number of halogens is 3. The molecule has 0 spiro atoms. The number of nitrogens with zero attached hydrogens (tertiary/aromatic N) is 3. The second-order valence-corrected chi connectivity index (χ2v) is 7.19. The minimum Gasteiger partial charge on any atom is -0.383 e. The number of nitrogens with two attached hydrogens (primary N) is 1. The summed E-state index contributed by atoms with van der Waals surface area (Å²) < 4.78 is 40.9. The second-order valence-electron chi connectivity index (χ2n) is 7.19. The third-order valence-electron chi connectivity index (χ3n) is 5.19. The molecule has 0 amide bonds. The molecule has 0 saturated carbocycles. The number of nitrogens with one attached hydrogen (secondary N) is 1. The lowest BCUT2D eigenvalue weighted by Crippen LogP contribution is -2.46. The van der Waals surface area contributed by atoms with Gasteiger partial charge in [-0.3, -0.25) is 4.79 Å². The van der Waals surface area contributed by atoms with Crippen molar-refractivity contribution >= 4 is 17.4 Å². The summed E-state index contributed by atoms with van der Waals surface area (Å²) in [6, 6.07) is 14.8. The van der Waals surface area contributed by atoms with Crippen LogP contribution in [0.5, 0.6) is 0 Å². The van der Waals surface area contributed by atoms with Crippen LogP contribution in [0.2, 0.25) is 0 Å². The van der Waals surface area contributed by atoms with Gasteiger partial charge in [-0.1, -0.05) is 30.3 Å². The number of carbonyl (C=O) groups is 1. The van der Waals surface area contributed by atoms with Crippen LogP contribution in [-0.4, -0.2) is 35.4 Å². The van der Waals surface area contributed by atoms with Gasteiger partial charge in [-0.2, -0.15) is 13.2 Å². The van der Waals surface area contributed by atoms with Gasteiger partial charge in [-0.25, -0.2) is 9.97 Å². The normalized spacial score (nSPS) is 16.9. The van der Waals surface area contributed by atoms with Gasteiger partial charge in [0.15, 0.2) is 0 Å². The number of piperazine rings is 1. The van der Waals surface area contributed by atoms with E-state index >= 15 is 0 Å². The molecule has 0 radical (unpaired) electrons. The van der Waals surface area contributed by atoms with E-state index in [-0.39, 0.29) is 21.7 Å². The maximum absolute atomic E-state index is 13.6. The molecule has 0 unspecified atom stereocenters. The van der Waals surface area contributed by atoms with Gasteiger partial charge in [-0.15, -0.1) is 0 Å². The van der Waals surface area contributed by atoms with Crippen molar-refractivity contribution in [3.8, 4) is 0 Å². The first-order chi connectivity index (χ1) is 14.8. The number of carbonyl (C=O) groups excluding carboxylic acids is 1. The highest BCUT2D eigenvalue weighted by molar-refractivity contribution is 6.11. The van der Waals surface area contributed by atoms with Gasteiger partial charge < -0.3 is 16.0 Å². The molecule has 2 aromatic heterocycles. The number of ketones is 1. The van der Waals surface area contributed by atoms with E-state index in [0.717, 1.165) is 11.6 Å². The lowest BCUT2D eigenvalue weighted by Gasteiger charge is -2.35. The lowest BCUT2D eigenvalue weighted by molar-refractivity contribution is -0.138. The van der Waals surface area contributed by atoms with E-state index in [9.17, 15) is 18.0 Å². The summed E-state index contributed by atoms with van der Waals surface area (Å²) in [5.41, 5.74) is 4.90.